The lowest BCUT2D eigenvalue weighted by molar-refractivity contribution is -0.117. The van der Waals surface area contributed by atoms with E-state index in [1.165, 1.54) is 23.8 Å². The maximum atomic E-state index is 12.7. The van der Waals surface area contributed by atoms with Gasteiger partial charge < -0.3 is 10.6 Å². The Morgan fingerprint density at radius 1 is 1.13 bits per heavy atom. The Kier molecular flexibility index (Phi) is 5.72. The van der Waals surface area contributed by atoms with Gasteiger partial charge in [-0.2, -0.15) is 0 Å². The van der Waals surface area contributed by atoms with Gasteiger partial charge in [-0.25, -0.2) is 9.97 Å². The zero-order valence-corrected chi connectivity index (χ0v) is 17.4. The number of nitrogens with zero attached hydrogens (tertiary/aromatic N) is 2. The third-order valence-corrected chi connectivity index (χ3v) is 6.12. The third kappa shape index (κ3) is 4.63. The van der Waals surface area contributed by atoms with E-state index in [1.54, 1.807) is 23.6 Å². The van der Waals surface area contributed by atoms with Crippen molar-refractivity contribution in [3.05, 3.63) is 71.9 Å². The lowest BCUT2D eigenvalue weighted by Gasteiger charge is -2.13. The normalized spacial score (nSPS) is 14.0. The number of carbonyl (C=O) groups is 2. The second-order valence-electron chi connectivity index (χ2n) is 7.30. The van der Waals surface area contributed by atoms with Crippen LogP contribution in [0.2, 0.25) is 0 Å². The molecule has 2 heterocycles. The summed E-state index contributed by atoms with van der Waals surface area (Å²) in [6, 6.07) is 11.4. The molecule has 0 saturated heterocycles. The molecule has 1 fully saturated rings. The van der Waals surface area contributed by atoms with Gasteiger partial charge in [0, 0.05) is 22.8 Å². The maximum absolute atomic E-state index is 12.7. The molecule has 30 heavy (non-hydrogen) atoms. The fourth-order valence-corrected chi connectivity index (χ4v) is 4.06. The summed E-state index contributed by atoms with van der Waals surface area (Å²) in [5, 5.41) is 6.22. The monoisotopic (exact) mass is 418 g/mol. The molecule has 4 rings (SSSR count). The summed E-state index contributed by atoms with van der Waals surface area (Å²) in [5.41, 5.74) is 2.76. The summed E-state index contributed by atoms with van der Waals surface area (Å²) in [6.45, 7) is 5.31. The molecule has 152 valence electrons. The minimum Gasteiger partial charge on any atom is -0.307 e. The molecular formula is C23H22N4O2S. The lowest BCUT2D eigenvalue weighted by Crippen LogP contribution is -2.18. The van der Waals surface area contributed by atoms with Crippen molar-refractivity contribution in [1.82, 2.24) is 9.97 Å². The van der Waals surface area contributed by atoms with Gasteiger partial charge in [-0.3, -0.25) is 9.59 Å². The zero-order chi connectivity index (χ0) is 21.1. The quantitative estimate of drug-likeness (QED) is 0.532. The van der Waals surface area contributed by atoms with Crippen LogP contribution < -0.4 is 10.6 Å². The van der Waals surface area contributed by atoms with E-state index in [2.05, 4.69) is 27.2 Å². The van der Waals surface area contributed by atoms with Gasteiger partial charge in [0.2, 0.25) is 11.8 Å². The third-order valence-electron chi connectivity index (χ3n) is 5.05. The highest BCUT2D eigenvalue weighted by Gasteiger charge is 2.26. The summed E-state index contributed by atoms with van der Waals surface area (Å²) < 4.78 is 0. The van der Waals surface area contributed by atoms with Crippen LogP contribution in [0.15, 0.2) is 61.4 Å². The first-order valence-corrected chi connectivity index (χ1v) is 10.6. The van der Waals surface area contributed by atoms with E-state index in [-0.39, 0.29) is 17.7 Å². The first-order chi connectivity index (χ1) is 14.5. The highest BCUT2D eigenvalue weighted by atomic mass is 32.1. The molecule has 3 aromatic rings. The van der Waals surface area contributed by atoms with Gasteiger partial charge in [-0.1, -0.05) is 30.8 Å². The molecule has 1 unspecified atom stereocenters. The molecule has 0 spiro atoms. The number of anilines is 2. The van der Waals surface area contributed by atoms with Crippen LogP contribution in [0.4, 0.5) is 10.9 Å². The summed E-state index contributed by atoms with van der Waals surface area (Å²) >= 11 is 1.56. The van der Waals surface area contributed by atoms with E-state index in [9.17, 15) is 9.59 Å². The molecular weight excluding hydrogens is 396 g/mol. The van der Waals surface area contributed by atoms with Crippen LogP contribution in [-0.2, 0) is 9.59 Å². The number of hydrogen-bond acceptors (Lipinski definition) is 5. The molecule has 0 bridgehead atoms. The first-order valence-electron chi connectivity index (χ1n) is 9.80. The Hall–Kier alpha value is -3.32. The molecule has 1 aromatic carbocycles. The van der Waals surface area contributed by atoms with Crippen molar-refractivity contribution in [3.63, 3.8) is 0 Å². The van der Waals surface area contributed by atoms with Crippen LogP contribution in [0.3, 0.4) is 0 Å². The van der Waals surface area contributed by atoms with Crippen molar-refractivity contribution in [2.45, 2.75) is 31.6 Å². The number of pyridine rings is 1. The summed E-state index contributed by atoms with van der Waals surface area (Å²) in [5.74, 6) is 0.386. The Labute approximate surface area is 179 Å². The van der Waals surface area contributed by atoms with Crippen LogP contribution in [0.1, 0.15) is 42.0 Å². The van der Waals surface area contributed by atoms with Crippen LogP contribution in [0.5, 0.6) is 0 Å². The molecule has 2 aromatic heterocycles. The molecule has 7 heteroatoms. The zero-order valence-electron chi connectivity index (χ0n) is 16.6. The van der Waals surface area contributed by atoms with Gasteiger partial charge in [-0.15, -0.1) is 11.3 Å². The maximum Gasteiger partial charge on any atom is 0.248 e. The number of amides is 2. The minimum absolute atomic E-state index is 0.0792. The predicted molar refractivity (Wildman–Crippen MR) is 120 cm³/mol. The van der Waals surface area contributed by atoms with Gasteiger partial charge >= 0.3 is 0 Å². The number of thiazole rings is 1. The number of rotatable bonds is 7. The van der Waals surface area contributed by atoms with E-state index in [4.69, 9.17) is 0 Å². The van der Waals surface area contributed by atoms with E-state index in [0.29, 0.717) is 16.9 Å². The number of carbonyl (C=O) groups excluding carboxylic acids is 2. The van der Waals surface area contributed by atoms with E-state index < -0.39 is 0 Å². The Bertz CT molecular complexity index is 1090. The smallest absolute Gasteiger partial charge is 0.248 e. The molecule has 1 saturated carbocycles. The van der Waals surface area contributed by atoms with E-state index in [0.717, 1.165) is 16.7 Å². The van der Waals surface area contributed by atoms with Crippen LogP contribution in [0, 0.1) is 0 Å². The second kappa shape index (κ2) is 8.59. The fraction of sp³-hybridized carbons (Fsp3) is 0.217. The lowest BCUT2D eigenvalue weighted by atomic mass is 9.96. The number of nitrogens with one attached hydrogen (secondary N) is 2. The van der Waals surface area contributed by atoms with Crippen molar-refractivity contribution in [2.75, 3.05) is 10.6 Å². The van der Waals surface area contributed by atoms with E-state index in [1.807, 2.05) is 43.5 Å². The molecule has 1 aliphatic rings. The highest BCUT2D eigenvalue weighted by Crippen LogP contribution is 2.43. The van der Waals surface area contributed by atoms with Crippen LogP contribution in [-0.4, -0.2) is 21.8 Å². The molecule has 0 radical (unpaired) electrons. The van der Waals surface area contributed by atoms with Crippen molar-refractivity contribution < 1.29 is 9.59 Å². The average Bonchev–Trinajstić information content (AvgIpc) is 3.52. The van der Waals surface area contributed by atoms with Gasteiger partial charge in [0.1, 0.15) is 5.82 Å². The summed E-state index contributed by atoms with van der Waals surface area (Å²) in [4.78, 5) is 34.0. The van der Waals surface area contributed by atoms with Gasteiger partial charge in [0.05, 0.1) is 5.92 Å². The largest absolute Gasteiger partial charge is 0.307 e. The topological polar surface area (TPSA) is 84.0 Å². The Balaban J connectivity index is 1.45. The second-order valence-corrected chi connectivity index (χ2v) is 8.37. The Morgan fingerprint density at radius 2 is 1.97 bits per heavy atom. The predicted octanol–water partition coefficient (Wildman–Crippen LogP) is 4.95. The summed E-state index contributed by atoms with van der Waals surface area (Å²) in [7, 11) is 0. The van der Waals surface area contributed by atoms with Gasteiger partial charge in [0.25, 0.3) is 0 Å². The van der Waals surface area contributed by atoms with Crippen molar-refractivity contribution in [2.24, 2.45) is 0 Å². The molecule has 0 aliphatic heterocycles. The van der Waals surface area contributed by atoms with Crippen molar-refractivity contribution in [1.29, 1.82) is 0 Å². The van der Waals surface area contributed by atoms with Gasteiger partial charge in [-0.05, 0) is 55.0 Å². The van der Waals surface area contributed by atoms with Crippen LogP contribution in [0.25, 0.3) is 11.1 Å². The summed E-state index contributed by atoms with van der Waals surface area (Å²) in [6.07, 6.45) is 7.20. The van der Waals surface area contributed by atoms with Crippen molar-refractivity contribution in [3.8, 4) is 11.1 Å². The Morgan fingerprint density at radius 3 is 2.67 bits per heavy atom. The number of aromatic nitrogens is 2. The molecule has 1 aliphatic carbocycles. The minimum atomic E-state index is -0.322. The standard InChI is InChI=1S/C23H22N4O2S/c1-3-21(28)26-20-10-9-18(12-24-20)17-6-4-5-16(11-17)14(2)22(29)27-23-25-13-19(30-23)15-7-8-15/h3-6,9-15H,1,7-8H2,2H3,(H,24,26,28)(H,25,27,29). The van der Waals surface area contributed by atoms with Crippen molar-refractivity contribution >= 4 is 34.1 Å². The molecule has 2 N–H and O–H groups in total. The number of hydrogen-bond donors (Lipinski definition) is 2. The average molecular weight is 419 g/mol. The van der Waals surface area contributed by atoms with Gasteiger partial charge in [0.15, 0.2) is 5.13 Å². The highest BCUT2D eigenvalue weighted by molar-refractivity contribution is 7.15. The van der Waals surface area contributed by atoms with E-state index >= 15 is 0 Å². The first kappa shape index (κ1) is 20.0. The molecule has 1 atom stereocenters. The fourth-order valence-electron chi connectivity index (χ4n) is 3.07. The van der Waals surface area contributed by atoms with Crippen LogP contribution >= 0.6 is 11.3 Å². The SMILES string of the molecule is C=CC(=O)Nc1ccc(-c2cccc(C(C)C(=O)Nc3ncc(C4CC4)s3)c2)cn1. The molecule has 2 amide bonds. The molecule has 6 nitrogen and oxygen atoms in total. The number of benzene rings is 1.